The molecule has 3 heterocycles. The van der Waals surface area contributed by atoms with Crippen molar-refractivity contribution >= 4 is 39.3 Å². The number of benzene rings is 8. The van der Waals surface area contributed by atoms with Gasteiger partial charge in [-0.3, -0.25) is 0 Å². The van der Waals surface area contributed by atoms with Crippen molar-refractivity contribution in [2.75, 3.05) is 0 Å². The highest BCUT2D eigenvalue weighted by atomic mass is 32.2. The SMILES string of the molecule is CC12Sc3ccccc3C1C=CC=C2c1cccc(-c2cccc(-c3nc(-c4ccccc4)nn3Cc3cccc4oc5ccc(-c6ccc(-c7ccccc7)cc6)cc5c34)c2)c1. The molecule has 0 N–H and O–H groups in total. The molecule has 0 fully saturated rings. The molecule has 0 amide bonds. The second-order valence-electron chi connectivity index (χ2n) is 16.7. The quantitative estimate of drug-likeness (QED) is 0.153. The maximum Gasteiger partial charge on any atom is 0.181 e. The van der Waals surface area contributed by atoms with Gasteiger partial charge in [0, 0.05) is 32.7 Å². The van der Waals surface area contributed by atoms with Gasteiger partial charge >= 0.3 is 0 Å². The highest BCUT2D eigenvalue weighted by Gasteiger charge is 2.46. The maximum absolute atomic E-state index is 6.50. The molecule has 0 spiro atoms. The maximum atomic E-state index is 6.50. The molecule has 0 bridgehead atoms. The van der Waals surface area contributed by atoms with Crippen molar-refractivity contribution in [3.63, 3.8) is 0 Å². The van der Waals surface area contributed by atoms with E-state index in [4.69, 9.17) is 14.5 Å². The monoisotopic (exact) mass is 827 g/mol. The standard InChI is InChI=1S/C58H41N3OS/c1-58-50(24-13-25-51(58)48-23-8-9-27-54(48)63-58)45-20-10-18-42(34-45)43-19-11-21-46(35-43)57-59-56(41-16-6-3-7-17-41)60-61(57)37-47-22-12-26-53-55(47)49-36-44(32-33-52(49)62-53)40-30-28-39(29-31-40)38-14-4-2-5-15-38/h2-36,51H,37H2,1H3. The van der Waals surface area contributed by atoms with Crippen LogP contribution in [-0.2, 0) is 6.54 Å². The Morgan fingerprint density at radius 1 is 0.556 bits per heavy atom. The van der Waals surface area contributed by atoms with Crippen LogP contribution in [0.1, 0.15) is 29.5 Å². The average molecular weight is 828 g/mol. The first kappa shape index (κ1) is 37.3. The number of allylic oxidation sites excluding steroid dienone is 3. The Bertz CT molecular complexity index is 3420. The van der Waals surface area contributed by atoms with Crippen molar-refractivity contribution in [1.29, 1.82) is 0 Å². The molecule has 12 rings (SSSR count). The van der Waals surface area contributed by atoms with Gasteiger partial charge < -0.3 is 4.42 Å². The molecule has 4 nitrogen and oxygen atoms in total. The molecule has 2 unspecified atom stereocenters. The van der Waals surface area contributed by atoms with Crippen molar-refractivity contribution < 1.29 is 4.42 Å². The third-order valence-corrected chi connectivity index (χ3v) is 14.3. The van der Waals surface area contributed by atoms with Gasteiger partial charge in [0.2, 0.25) is 0 Å². The van der Waals surface area contributed by atoms with E-state index in [0.29, 0.717) is 18.3 Å². The summed E-state index contributed by atoms with van der Waals surface area (Å²) in [5.41, 5.74) is 15.9. The average Bonchev–Trinajstić information content (AvgIpc) is 4.03. The molecule has 0 saturated carbocycles. The first-order valence-corrected chi connectivity index (χ1v) is 22.4. The summed E-state index contributed by atoms with van der Waals surface area (Å²) in [4.78, 5) is 6.63. The number of nitrogens with zero attached hydrogens (tertiary/aromatic N) is 3. The van der Waals surface area contributed by atoms with E-state index in [9.17, 15) is 0 Å². The molecule has 0 saturated heterocycles. The Kier molecular flexibility index (Phi) is 8.98. The molecule has 63 heavy (non-hydrogen) atoms. The lowest BCUT2D eigenvalue weighted by Gasteiger charge is -2.35. The van der Waals surface area contributed by atoms with Crippen LogP contribution in [0.5, 0.6) is 0 Å². The van der Waals surface area contributed by atoms with Gasteiger partial charge in [0.15, 0.2) is 11.6 Å². The predicted molar refractivity (Wildman–Crippen MR) is 261 cm³/mol. The van der Waals surface area contributed by atoms with Gasteiger partial charge in [-0.1, -0.05) is 176 Å². The van der Waals surface area contributed by atoms with E-state index in [1.807, 2.05) is 30.0 Å². The van der Waals surface area contributed by atoms with Crippen LogP contribution >= 0.6 is 11.8 Å². The Morgan fingerprint density at radius 2 is 1.16 bits per heavy atom. The van der Waals surface area contributed by atoms with Crippen molar-refractivity contribution in [2.24, 2.45) is 0 Å². The molecule has 2 aromatic heterocycles. The predicted octanol–water partition coefficient (Wildman–Crippen LogP) is 15.2. The van der Waals surface area contributed by atoms with E-state index in [-0.39, 0.29) is 4.75 Å². The van der Waals surface area contributed by atoms with Crippen molar-refractivity contribution in [2.45, 2.75) is 29.0 Å². The summed E-state index contributed by atoms with van der Waals surface area (Å²) in [7, 11) is 0. The van der Waals surface area contributed by atoms with Crippen LogP contribution in [0.15, 0.2) is 222 Å². The van der Waals surface area contributed by atoms with E-state index in [2.05, 4.69) is 206 Å². The minimum absolute atomic E-state index is 0.0813. The summed E-state index contributed by atoms with van der Waals surface area (Å²) in [6.45, 7) is 2.91. The second kappa shape index (κ2) is 15.2. The Hall–Kier alpha value is -7.47. The number of furan rings is 1. The van der Waals surface area contributed by atoms with Gasteiger partial charge in [-0.05, 0) is 99.0 Å². The molecule has 8 aromatic carbocycles. The molecular weight excluding hydrogens is 787 g/mol. The van der Waals surface area contributed by atoms with Crippen LogP contribution in [0, 0.1) is 0 Å². The summed E-state index contributed by atoms with van der Waals surface area (Å²) in [5, 5.41) is 7.39. The summed E-state index contributed by atoms with van der Waals surface area (Å²) >= 11 is 1.99. The fraction of sp³-hybridized carbons (Fsp3) is 0.0690. The molecule has 10 aromatic rings. The largest absolute Gasteiger partial charge is 0.456 e. The van der Waals surface area contributed by atoms with E-state index in [0.717, 1.165) is 61.1 Å². The van der Waals surface area contributed by atoms with Gasteiger partial charge in [0.05, 0.1) is 11.3 Å². The Balaban J connectivity index is 0.912. The van der Waals surface area contributed by atoms with Crippen molar-refractivity contribution in [1.82, 2.24) is 14.8 Å². The number of aromatic nitrogens is 3. The molecule has 2 aliphatic rings. The molecule has 2 atom stereocenters. The van der Waals surface area contributed by atoms with Crippen LogP contribution in [-0.4, -0.2) is 19.5 Å². The van der Waals surface area contributed by atoms with Crippen molar-refractivity contribution in [3.05, 3.63) is 229 Å². The zero-order valence-corrected chi connectivity index (χ0v) is 35.5. The van der Waals surface area contributed by atoms with Crippen LogP contribution in [0.4, 0.5) is 0 Å². The summed E-state index contributed by atoms with van der Waals surface area (Å²) in [5.74, 6) is 1.84. The Morgan fingerprint density at radius 3 is 1.95 bits per heavy atom. The second-order valence-corrected chi connectivity index (χ2v) is 18.2. The lowest BCUT2D eigenvalue weighted by molar-refractivity contribution is 0.667. The topological polar surface area (TPSA) is 43.9 Å². The molecule has 1 aliphatic carbocycles. The number of thioether (sulfide) groups is 1. The minimum atomic E-state index is -0.0813. The first-order valence-electron chi connectivity index (χ1n) is 21.5. The fourth-order valence-corrected chi connectivity index (χ4v) is 11.2. The van der Waals surface area contributed by atoms with Gasteiger partial charge in [0.1, 0.15) is 11.2 Å². The van der Waals surface area contributed by atoms with Gasteiger partial charge in [-0.15, -0.1) is 11.8 Å². The smallest absolute Gasteiger partial charge is 0.181 e. The molecular formula is C58H41N3OS. The lowest BCUT2D eigenvalue weighted by atomic mass is 9.76. The zero-order valence-electron chi connectivity index (χ0n) is 34.6. The van der Waals surface area contributed by atoms with Crippen LogP contribution in [0.2, 0.25) is 0 Å². The van der Waals surface area contributed by atoms with Crippen LogP contribution < -0.4 is 0 Å². The molecule has 0 radical (unpaired) electrons. The highest BCUT2D eigenvalue weighted by molar-refractivity contribution is 8.01. The van der Waals surface area contributed by atoms with Crippen LogP contribution in [0.25, 0.3) is 83.7 Å². The normalized spacial score (nSPS) is 16.6. The molecule has 5 heteroatoms. The number of hydrogen-bond acceptors (Lipinski definition) is 4. The van der Waals surface area contributed by atoms with Gasteiger partial charge in [-0.25, -0.2) is 9.67 Å². The first-order chi connectivity index (χ1) is 31.1. The van der Waals surface area contributed by atoms with E-state index >= 15 is 0 Å². The molecule has 1 aliphatic heterocycles. The van der Waals surface area contributed by atoms with Gasteiger partial charge in [0.25, 0.3) is 0 Å². The number of hydrogen-bond donors (Lipinski definition) is 0. The molecule has 300 valence electrons. The van der Waals surface area contributed by atoms with Crippen molar-refractivity contribution in [3.8, 4) is 56.2 Å². The van der Waals surface area contributed by atoms with E-state index in [1.165, 1.54) is 38.3 Å². The summed E-state index contributed by atoms with van der Waals surface area (Å²) < 4.78 is 8.48. The summed E-state index contributed by atoms with van der Waals surface area (Å²) in [6.07, 6.45) is 6.92. The van der Waals surface area contributed by atoms with Crippen LogP contribution in [0.3, 0.4) is 0 Å². The lowest BCUT2D eigenvalue weighted by Crippen LogP contribution is -2.27. The highest BCUT2D eigenvalue weighted by Crippen LogP contribution is 2.60. The van der Waals surface area contributed by atoms with E-state index < -0.39 is 0 Å². The summed E-state index contributed by atoms with van der Waals surface area (Å²) in [6, 6.07) is 69.1. The Labute approximate surface area is 370 Å². The van der Waals surface area contributed by atoms with E-state index in [1.54, 1.807) is 0 Å². The zero-order chi connectivity index (χ0) is 41.9. The van der Waals surface area contributed by atoms with Gasteiger partial charge in [-0.2, -0.15) is 5.10 Å². The fourth-order valence-electron chi connectivity index (χ4n) is 9.68. The number of fused-ring (bicyclic) bond motifs is 6. The minimum Gasteiger partial charge on any atom is -0.456 e. The number of rotatable bonds is 8. The third-order valence-electron chi connectivity index (χ3n) is 12.8. The third kappa shape index (κ3) is 6.55.